The molecular formula is C40H36N4O4S. The Morgan fingerprint density at radius 2 is 1.57 bits per heavy atom. The number of aliphatic hydroxyl groups is 1. The van der Waals surface area contributed by atoms with Gasteiger partial charge in [0, 0.05) is 30.0 Å². The molecule has 2 aromatic heterocycles. The van der Waals surface area contributed by atoms with Crippen LogP contribution in [0.25, 0.3) is 22.2 Å². The normalized spacial score (nSPS) is 19.1. The topological polar surface area (TPSA) is 106 Å². The molecule has 3 heterocycles. The lowest BCUT2D eigenvalue weighted by molar-refractivity contribution is -0.268. The van der Waals surface area contributed by atoms with E-state index in [4.69, 9.17) is 9.47 Å². The molecule has 1 saturated heterocycles. The van der Waals surface area contributed by atoms with E-state index in [9.17, 15) is 9.90 Å². The van der Waals surface area contributed by atoms with Gasteiger partial charge in [-0.3, -0.25) is 9.78 Å². The number of pyridine rings is 1. The number of aliphatic hydroxyl groups excluding tert-OH is 1. The number of fused-ring (bicyclic) bond motifs is 1. The fraction of sp³-hybridized carbons (Fsp3) is 0.200. The quantitative estimate of drug-likeness (QED) is 0.143. The first-order chi connectivity index (χ1) is 24.0. The fourth-order valence-corrected chi connectivity index (χ4v) is 6.97. The van der Waals surface area contributed by atoms with Gasteiger partial charge in [0.25, 0.3) is 5.91 Å². The maximum absolute atomic E-state index is 12.9. The third-order valence-electron chi connectivity index (χ3n) is 8.73. The lowest BCUT2D eigenvalue weighted by Crippen LogP contribution is -2.38. The van der Waals surface area contributed by atoms with E-state index >= 15 is 0 Å². The summed E-state index contributed by atoms with van der Waals surface area (Å²) in [6, 6.07) is 37.7. The van der Waals surface area contributed by atoms with Crippen molar-refractivity contribution in [1.82, 2.24) is 20.3 Å². The molecule has 0 radical (unpaired) electrons. The molecule has 2 N–H and O–H groups in total. The van der Waals surface area contributed by atoms with Gasteiger partial charge in [0.05, 0.1) is 41.1 Å². The van der Waals surface area contributed by atoms with Gasteiger partial charge in [-0.1, -0.05) is 91.9 Å². The molecule has 0 bridgehead atoms. The molecule has 4 aromatic carbocycles. The van der Waals surface area contributed by atoms with Crippen LogP contribution in [0.4, 0.5) is 0 Å². The Morgan fingerprint density at radius 1 is 0.796 bits per heavy atom. The molecule has 9 heteroatoms. The van der Waals surface area contributed by atoms with Crippen LogP contribution < -0.4 is 5.32 Å². The summed E-state index contributed by atoms with van der Waals surface area (Å²) in [6.45, 7) is 2.53. The van der Waals surface area contributed by atoms with Crippen molar-refractivity contribution in [3.63, 3.8) is 0 Å². The summed E-state index contributed by atoms with van der Waals surface area (Å²) in [5, 5.41) is 13.5. The first kappa shape index (κ1) is 32.6. The monoisotopic (exact) mass is 668 g/mol. The van der Waals surface area contributed by atoms with Gasteiger partial charge >= 0.3 is 0 Å². The van der Waals surface area contributed by atoms with Gasteiger partial charge in [-0.2, -0.15) is 0 Å². The molecule has 49 heavy (non-hydrogen) atoms. The molecule has 6 aromatic rings. The summed E-state index contributed by atoms with van der Waals surface area (Å²) in [4.78, 5) is 26.1. The molecule has 1 fully saturated rings. The molecule has 8 nitrogen and oxygen atoms in total. The second kappa shape index (κ2) is 15.1. The first-order valence-corrected chi connectivity index (χ1v) is 17.3. The lowest BCUT2D eigenvalue weighted by atomic mass is 9.91. The van der Waals surface area contributed by atoms with E-state index in [0.29, 0.717) is 12.1 Å². The van der Waals surface area contributed by atoms with Crippen LogP contribution in [0.15, 0.2) is 133 Å². The second-order valence-electron chi connectivity index (χ2n) is 12.0. The molecule has 1 aliphatic heterocycles. The highest BCUT2D eigenvalue weighted by Crippen LogP contribution is 2.43. The largest absolute Gasteiger partial charge is 0.392 e. The summed E-state index contributed by atoms with van der Waals surface area (Å²) in [6.07, 6.45) is 2.49. The van der Waals surface area contributed by atoms with Gasteiger partial charge in [0.15, 0.2) is 6.29 Å². The zero-order valence-corrected chi connectivity index (χ0v) is 27.8. The van der Waals surface area contributed by atoms with E-state index in [1.165, 1.54) is 6.20 Å². The molecule has 7 rings (SSSR count). The lowest BCUT2D eigenvalue weighted by Gasteiger charge is -2.41. The molecule has 0 saturated carbocycles. The van der Waals surface area contributed by atoms with Crippen molar-refractivity contribution in [2.24, 2.45) is 5.92 Å². The maximum Gasteiger partial charge on any atom is 0.271 e. The van der Waals surface area contributed by atoms with Crippen molar-refractivity contribution in [2.75, 3.05) is 5.75 Å². The van der Waals surface area contributed by atoms with E-state index < -0.39 is 6.29 Å². The van der Waals surface area contributed by atoms with Crippen LogP contribution in [0.2, 0.25) is 0 Å². The number of ether oxygens (including phenoxy) is 2. The number of benzene rings is 4. The highest BCUT2D eigenvalue weighted by molar-refractivity contribution is 7.99. The number of hydrogen-bond acceptors (Lipinski definition) is 8. The molecule has 4 unspecified atom stereocenters. The molecular weight excluding hydrogens is 633 g/mol. The van der Waals surface area contributed by atoms with Gasteiger partial charge in [0.1, 0.15) is 5.69 Å². The molecule has 246 valence electrons. The van der Waals surface area contributed by atoms with Crippen LogP contribution in [-0.2, 0) is 22.6 Å². The van der Waals surface area contributed by atoms with Gasteiger partial charge in [-0.15, -0.1) is 11.8 Å². The number of aromatic nitrogens is 3. The molecule has 0 aliphatic carbocycles. The standard InChI is InChI=1S/C40H36N4O4S/c1-26-36(25-49-37-11-4-5-20-41-37)47-40(48-38(26)30-14-12-27(24-45)13-15-30)31-18-16-29(17-19-31)32-8-6-7-28(21-32)22-43-39(46)35-23-42-33-9-2-3-10-34(33)44-35/h2-21,23,26,36,38,40,45H,22,24-25H2,1H3,(H,43,46). The Hall–Kier alpha value is -4.93. The van der Waals surface area contributed by atoms with E-state index in [2.05, 4.69) is 63.6 Å². The minimum absolute atomic E-state index is 0.000836. The number of amides is 1. The summed E-state index contributed by atoms with van der Waals surface area (Å²) in [7, 11) is 0. The third kappa shape index (κ3) is 7.71. The van der Waals surface area contributed by atoms with E-state index in [1.807, 2.05) is 78.9 Å². The van der Waals surface area contributed by atoms with Gasteiger partial charge in [-0.05, 0) is 58.1 Å². The van der Waals surface area contributed by atoms with Crippen molar-refractivity contribution < 1.29 is 19.4 Å². The van der Waals surface area contributed by atoms with E-state index in [-0.39, 0.29) is 36.3 Å². The zero-order chi connectivity index (χ0) is 33.6. The number of rotatable bonds is 10. The minimum Gasteiger partial charge on any atom is -0.392 e. The fourth-order valence-electron chi connectivity index (χ4n) is 5.94. The summed E-state index contributed by atoms with van der Waals surface area (Å²) in [5.41, 5.74) is 7.62. The summed E-state index contributed by atoms with van der Waals surface area (Å²) >= 11 is 1.68. The maximum atomic E-state index is 12.9. The van der Waals surface area contributed by atoms with Crippen molar-refractivity contribution in [3.05, 3.63) is 156 Å². The predicted octanol–water partition coefficient (Wildman–Crippen LogP) is 7.70. The van der Waals surface area contributed by atoms with Crippen LogP contribution in [-0.4, -0.2) is 37.8 Å². The van der Waals surface area contributed by atoms with Crippen LogP contribution in [0.5, 0.6) is 0 Å². The van der Waals surface area contributed by atoms with Crippen molar-refractivity contribution >= 4 is 28.7 Å². The van der Waals surface area contributed by atoms with Crippen molar-refractivity contribution in [3.8, 4) is 11.1 Å². The molecule has 1 aliphatic rings. The summed E-state index contributed by atoms with van der Waals surface area (Å²) in [5.74, 6) is 0.551. The average molecular weight is 669 g/mol. The first-order valence-electron chi connectivity index (χ1n) is 16.3. The summed E-state index contributed by atoms with van der Waals surface area (Å²) < 4.78 is 13.3. The van der Waals surface area contributed by atoms with Gasteiger partial charge < -0.3 is 19.9 Å². The smallest absolute Gasteiger partial charge is 0.271 e. The van der Waals surface area contributed by atoms with Crippen LogP contribution in [0.1, 0.15) is 52.1 Å². The number of para-hydroxylation sites is 2. The van der Waals surface area contributed by atoms with Crippen LogP contribution >= 0.6 is 11.8 Å². The van der Waals surface area contributed by atoms with E-state index in [1.54, 1.807) is 18.0 Å². The van der Waals surface area contributed by atoms with Gasteiger partial charge in [0.2, 0.25) is 0 Å². The predicted molar refractivity (Wildman–Crippen MR) is 191 cm³/mol. The Labute approximate surface area is 289 Å². The average Bonchev–Trinajstić information content (AvgIpc) is 3.17. The number of carbonyl (C=O) groups excluding carboxylic acids is 1. The van der Waals surface area contributed by atoms with Crippen molar-refractivity contribution in [2.45, 2.75) is 43.6 Å². The number of thioether (sulfide) groups is 1. The zero-order valence-electron chi connectivity index (χ0n) is 27.0. The Morgan fingerprint density at radius 3 is 2.35 bits per heavy atom. The van der Waals surface area contributed by atoms with Crippen LogP contribution in [0, 0.1) is 5.92 Å². The highest BCUT2D eigenvalue weighted by Gasteiger charge is 2.38. The molecule has 1 amide bonds. The SMILES string of the molecule is CC1C(CSc2ccccn2)OC(c2ccc(-c3cccc(CNC(=O)c4cnc5ccccc5n4)c3)cc2)OC1c1ccc(CO)cc1. The van der Waals surface area contributed by atoms with Crippen LogP contribution in [0.3, 0.4) is 0 Å². The minimum atomic E-state index is -0.554. The number of carbonyl (C=O) groups is 1. The highest BCUT2D eigenvalue weighted by atomic mass is 32.2. The number of nitrogens with zero attached hydrogens (tertiary/aromatic N) is 3. The van der Waals surface area contributed by atoms with Crippen molar-refractivity contribution in [1.29, 1.82) is 0 Å². The Bertz CT molecular complexity index is 2030. The number of hydrogen-bond donors (Lipinski definition) is 2. The van der Waals surface area contributed by atoms with Gasteiger partial charge in [-0.25, -0.2) is 9.97 Å². The second-order valence-corrected chi connectivity index (χ2v) is 13.1. The number of nitrogens with one attached hydrogen (secondary N) is 1. The Balaban J connectivity index is 1.05. The third-order valence-corrected chi connectivity index (χ3v) is 9.77. The van der Waals surface area contributed by atoms with E-state index in [0.717, 1.165) is 49.7 Å². The Kier molecular flexibility index (Phi) is 10.0. The molecule has 4 atom stereocenters. The molecule has 0 spiro atoms.